The van der Waals surface area contributed by atoms with Crippen LogP contribution in [0.2, 0.25) is 0 Å². The van der Waals surface area contributed by atoms with Crippen LogP contribution in [0.15, 0.2) is 42.5 Å². The standard InChI is InChI=1S/C14H9N3O/c15-8-10-1-4-12(5-2-10)18-14-7-11(9-16)3-6-13(14)17/h1-7H,17H2. The molecule has 0 heterocycles. The molecule has 2 N–H and O–H groups in total. The second-order valence-corrected chi connectivity index (χ2v) is 3.60. The Labute approximate surface area is 104 Å². The van der Waals surface area contributed by atoms with Gasteiger partial charge in [0.2, 0.25) is 0 Å². The van der Waals surface area contributed by atoms with E-state index >= 15 is 0 Å². The van der Waals surface area contributed by atoms with Gasteiger partial charge in [-0.1, -0.05) is 0 Å². The quantitative estimate of drug-likeness (QED) is 0.811. The second-order valence-electron chi connectivity index (χ2n) is 3.60. The zero-order valence-electron chi connectivity index (χ0n) is 9.42. The molecule has 0 saturated heterocycles. The summed E-state index contributed by atoms with van der Waals surface area (Å²) in [4.78, 5) is 0. The molecule has 0 aliphatic carbocycles. The minimum Gasteiger partial charge on any atom is -0.455 e. The number of ether oxygens (including phenoxy) is 1. The Balaban J connectivity index is 2.28. The van der Waals surface area contributed by atoms with E-state index in [1.807, 2.05) is 12.1 Å². The molecule has 2 aromatic carbocycles. The van der Waals surface area contributed by atoms with Crippen LogP contribution in [-0.4, -0.2) is 0 Å². The SMILES string of the molecule is N#Cc1ccc(Oc2cc(C#N)ccc2N)cc1. The fraction of sp³-hybridized carbons (Fsp3) is 0. The summed E-state index contributed by atoms with van der Waals surface area (Å²) in [5, 5.41) is 17.5. The molecule has 4 nitrogen and oxygen atoms in total. The average molecular weight is 235 g/mol. The molecular weight excluding hydrogens is 226 g/mol. The third-order valence-corrected chi connectivity index (χ3v) is 2.35. The Morgan fingerprint density at radius 3 is 2.11 bits per heavy atom. The number of anilines is 1. The predicted molar refractivity (Wildman–Crippen MR) is 66.8 cm³/mol. The molecule has 18 heavy (non-hydrogen) atoms. The monoisotopic (exact) mass is 235 g/mol. The van der Waals surface area contributed by atoms with Crippen LogP contribution in [0.25, 0.3) is 0 Å². The molecule has 0 aliphatic rings. The second kappa shape index (κ2) is 4.90. The summed E-state index contributed by atoms with van der Waals surface area (Å²) in [5.41, 5.74) is 7.25. The number of rotatable bonds is 2. The Morgan fingerprint density at radius 2 is 1.50 bits per heavy atom. The van der Waals surface area contributed by atoms with Gasteiger partial charge in [0, 0.05) is 6.07 Å². The molecule has 0 atom stereocenters. The van der Waals surface area contributed by atoms with E-state index in [1.165, 1.54) is 0 Å². The van der Waals surface area contributed by atoms with Crippen molar-refractivity contribution in [3.8, 4) is 23.6 Å². The fourth-order valence-corrected chi connectivity index (χ4v) is 1.42. The summed E-state index contributed by atoms with van der Waals surface area (Å²) < 4.78 is 5.57. The van der Waals surface area contributed by atoms with Crippen LogP contribution < -0.4 is 10.5 Å². The van der Waals surface area contributed by atoms with Crippen molar-refractivity contribution in [2.75, 3.05) is 5.73 Å². The molecule has 4 heteroatoms. The molecule has 0 aromatic heterocycles. The maximum atomic E-state index is 8.80. The smallest absolute Gasteiger partial charge is 0.151 e. The summed E-state index contributed by atoms with van der Waals surface area (Å²) in [6.07, 6.45) is 0. The van der Waals surface area contributed by atoms with Crippen molar-refractivity contribution in [1.82, 2.24) is 0 Å². The number of hydrogen-bond donors (Lipinski definition) is 1. The average Bonchev–Trinajstić information content (AvgIpc) is 2.42. The number of hydrogen-bond acceptors (Lipinski definition) is 4. The van der Waals surface area contributed by atoms with Crippen molar-refractivity contribution in [2.45, 2.75) is 0 Å². The molecule has 2 rings (SSSR count). The highest BCUT2D eigenvalue weighted by Crippen LogP contribution is 2.28. The summed E-state index contributed by atoms with van der Waals surface area (Å²) in [6, 6.07) is 15.5. The lowest BCUT2D eigenvalue weighted by atomic mass is 10.2. The maximum absolute atomic E-state index is 8.80. The third kappa shape index (κ3) is 2.40. The van der Waals surface area contributed by atoms with E-state index < -0.39 is 0 Å². The number of nitrogen functional groups attached to an aromatic ring is 1. The van der Waals surface area contributed by atoms with Gasteiger partial charge in [-0.05, 0) is 36.4 Å². The van der Waals surface area contributed by atoms with E-state index in [0.717, 1.165) is 0 Å². The van der Waals surface area contributed by atoms with Crippen molar-refractivity contribution in [2.24, 2.45) is 0 Å². The van der Waals surface area contributed by atoms with Crippen molar-refractivity contribution in [1.29, 1.82) is 10.5 Å². The molecule has 0 unspecified atom stereocenters. The first-order valence-corrected chi connectivity index (χ1v) is 5.20. The van der Waals surface area contributed by atoms with Crippen molar-refractivity contribution >= 4 is 5.69 Å². The minimum atomic E-state index is 0.429. The van der Waals surface area contributed by atoms with E-state index in [-0.39, 0.29) is 0 Å². The van der Waals surface area contributed by atoms with Gasteiger partial charge in [0.1, 0.15) is 5.75 Å². The highest BCUT2D eigenvalue weighted by Gasteiger charge is 2.04. The Hall–Kier alpha value is -2.98. The number of nitriles is 2. The van der Waals surface area contributed by atoms with Crippen LogP contribution >= 0.6 is 0 Å². The first kappa shape index (κ1) is 11.5. The van der Waals surface area contributed by atoms with Crippen LogP contribution in [0.3, 0.4) is 0 Å². The zero-order valence-corrected chi connectivity index (χ0v) is 9.42. The van der Waals surface area contributed by atoms with E-state index in [4.69, 9.17) is 21.0 Å². The summed E-state index contributed by atoms with van der Waals surface area (Å²) in [6.45, 7) is 0. The van der Waals surface area contributed by atoms with Crippen LogP contribution in [0.4, 0.5) is 5.69 Å². The predicted octanol–water partition coefficient (Wildman–Crippen LogP) is 2.80. The summed E-state index contributed by atoms with van der Waals surface area (Å²) in [7, 11) is 0. The molecule has 0 radical (unpaired) electrons. The van der Waals surface area contributed by atoms with Crippen LogP contribution in [0.5, 0.6) is 11.5 Å². The Morgan fingerprint density at radius 1 is 0.889 bits per heavy atom. The summed E-state index contributed by atoms with van der Waals surface area (Å²) >= 11 is 0. The lowest BCUT2D eigenvalue weighted by Gasteiger charge is -2.08. The highest BCUT2D eigenvalue weighted by molar-refractivity contribution is 5.57. The normalized spacial score (nSPS) is 9.22. The van der Waals surface area contributed by atoms with E-state index in [0.29, 0.717) is 28.3 Å². The lowest BCUT2D eigenvalue weighted by molar-refractivity contribution is 0.485. The molecule has 0 spiro atoms. The van der Waals surface area contributed by atoms with Gasteiger partial charge in [0.25, 0.3) is 0 Å². The van der Waals surface area contributed by atoms with E-state index in [9.17, 15) is 0 Å². The van der Waals surface area contributed by atoms with Gasteiger partial charge in [0.15, 0.2) is 5.75 Å². The first-order chi connectivity index (χ1) is 8.72. The number of benzene rings is 2. The van der Waals surface area contributed by atoms with Gasteiger partial charge in [-0.3, -0.25) is 0 Å². The van der Waals surface area contributed by atoms with Crippen molar-refractivity contribution < 1.29 is 4.74 Å². The first-order valence-electron chi connectivity index (χ1n) is 5.20. The number of nitrogens with zero attached hydrogens (tertiary/aromatic N) is 2. The molecule has 0 aliphatic heterocycles. The number of nitrogens with two attached hydrogens (primary N) is 1. The molecule has 2 aromatic rings. The molecule has 0 fully saturated rings. The van der Waals surface area contributed by atoms with Gasteiger partial charge >= 0.3 is 0 Å². The molecule has 0 saturated carbocycles. The topological polar surface area (TPSA) is 82.8 Å². The summed E-state index contributed by atoms with van der Waals surface area (Å²) in [5.74, 6) is 0.995. The molecular formula is C14H9N3O. The largest absolute Gasteiger partial charge is 0.455 e. The molecule has 0 bridgehead atoms. The minimum absolute atomic E-state index is 0.429. The van der Waals surface area contributed by atoms with Crippen molar-refractivity contribution in [3.63, 3.8) is 0 Å². The fourth-order valence-electron chi connectivity index (χ4n) is 1.42. The highest BCUT2D eigenvalue weighted by atomic mass is 16.5. The van der Waals surface area contributed by atoms with Crippen LogP contribution in [-0.2, 0) is 0 Å². The van der Waals surface area contributed by atoms with Gasteiger partial charge in [-0.25, -0.2) is 0 Å². The molecule has 86 valence electrons. The van der Waals surface area contributed by atoms with Crippen molar-refractivity contribution in [3.05, 3.63) is 53.6 Å². The van der Waals surface area contributed by atoms with Gasteiger partial charge in [-0.2, -0.15) is 10.5 Å². The van der Waals surface area contributed by atoms with Gasteiger partial charge < -0.3 is 10.5 Å². The van der Waals surface area contributed by atoms with Gasteiger partial charge in [-0.15, -0.1) is 0 Å². The Kier molecular flexibility index (Phi) is 3.13. The van der Waals surface area contributed by atoms with E-state index in [1.54, 1.807) is 42.5 Å². The lowest BCUT2D eigenvalue weighted by Crippen LogP contribution is -1.92. The maximum Gasteiger partial charge on any atom is 0.151 e. The van der Waals surface area contributed by atoms with Gasteiger partial charge in [0.05, 0.1) is 29.0 Å². The van der Waals surface area contributed by atoms with E-state index in [2.05, 4.69) is 0 Å². The Bertz CT molecular complexity index is 648. The zero-order chi connectivity index (χ0) is 13.0. The third-order valence-electron chi connectivity index (χ3n) is 2.35. The van der Waals surface area contributed by atoms with Crippen LogP contribution in [0.1, 0.15) is 11.1 Å². The van der Waals surface area contributed by atoms with Crippen LogP contribution in [0, 0.1) is 22.7 Å². The molecule has 0 amide bonds.